The zero-order valence-corrected chi connectivity index (χ0v) is 10.3. The number of hydrogen-bond donors (Lipinski definition) is 2. The van der Waals surface area contributed by atoms with Gasteiger partial charge in [-0.15, -0.1) is 0 Å². The van der Waals surface area contributed by atoms with Crippen LogP contribution >= 0.6 is 0 Å². The van der Waals surface area contributed by atoms with Crippen LogP contribution in [0, 0.1) is 11.8 Å². The minimum atomic E-state index is 0.218. The molecule has 3 heteroatoms. The molecule has 0 radical (unpaired) electrons. The standard InChI is InChI=1S/C14H20N2O/c1-9(10-5-6-10)13(16-15)12-4-2-3-11-7-8-17-14(11)12/h2-4,9-10,13,16H,5-8,15H2,1H3. The van der Waals surface area contributed by atoms with Crippen molar-refractivity contribution in [3.05, 3.63) is 29.3 Å². The highest BCUT2D eigenvalue weighted by Gasteiger charge is 2.35. The first-order valence-corrected chi connectivity index (χ1v) is 6.52. The molecule has 0 amide bonds. The van der Waals surface area contributed by atoms with Crippen LogP contribution in [-0.2, 0) is 6.42 Å². The molecular formula is C14H20N2O. The van der Waals surface area contributed by atoms with Gasteiger partial charge in [0.15, 0.2) is 0 Å². The molecule has 1 aliphatic carbocycles. The van der Waals surface area contributed by atoms with Gasteiger partial charge in [0.05, 0.1) is 12.6 Å². The maximum absolute atomic E-state index is 5.77. The number of nitrogens with two attached hydrogens (primary N) is 1. The summed E-state index contributed by atoms with van der Waals surface area (Å²) in [6.07, 6.45) is 3.71. The van der Waals surface area contributed by atoms with E-state index in [-0.39, 0.29) is 6.04 Å². The Morgan fingerprint density at radius 3 is 2.94 bits per heavy atom. The van der Waals surface area contributed by atoms with Gasteiger partial charge in [-0.1, -0.05) is 25.1 Å². The highest BCUT2D eigenvalue weighted by molar-refractivity contribution is 5.45. The predicted molar refractivity (Wildman–Crippen MR) is 67.6 cm³/mol. The Morgan fingerprint density at radius 2 is 2.24 bits per heavy atom. The summed E-state index contributed by atoms with van der Waals surface area (Å²) >= 11 is 0. The smallest absolute Gasteiger partial charge is 0.127 e. The second-order valence-electron chi connectivity index (χ2n) is 5.27. The van der Waals surface area contributed by atoms with E-state index >= 15 is 0 Å². The fraction of sp³-hybridized carbons (Fsp3) is 0.571. The number of benzene rings is 1. The molecule has 2 unspecified atom stereocenters. The molecule has 2 aliphatic rings. The number of fused-ring (bicyclic) bond motifs is 1. The van der Waals surface area contributed by atoms with Gasteiger partial charge in [-0.2, -0.15) is 0 Å². The van der Waals surface area contributed by atoms with Gasteiger partial charge in [0.2, 0.25) is 0 Å². The number of ether oxygens (including phenoxy) is 1. The Kier molecular flexibility index (Phi) is 2.81. The molecule has 1 saturated carbocycles. The van der Waals surface area contributed by atoms with Crippen molar-refractivity contribution < 1.29 is 4.74 Å². The molecule has 3 rings (SSSR count). The monoisotopic (exact) mass is 232 g/mol. The van der Waals surface area contributed by atoms with E-state index in [4.69, 9.17) is 10.6 Å². The van der Waals surface area contributed by atoms with E-state index < -0.39 is 0 Å². The molecule has 92 valence electrons. The summed E-state index contributed by atoms with van der Waals surface area (Å²) in [6, 6.07) is 6.64. The van der Waals surface area contributed by atoms with Gasteiger partial charge >= 0.3 is 0 Å². The van der Waals surface area contributed by atoms with Gasteiger partial charge in [0.1, 0.15) is 5.75 Å². The molecule has 17 heavy (non-hydrogen) atoms. The summed E-state index contributed by atoms with van der Waals surface area (Å²) in [6.45, 7) is 3.10. The van der Waals surface area contributed by atoms with Crippen molar-refractivity contribution in [3.63, 3.8) is 0 Å². The molecule has 0 spiro atoms. The minimum Gasteiger partial charge on any atom is -0.493 e. The largest absolute Gasteiger partial charge is 0.493 e. The van der Waals surface area contributed by atoms with Crippen molar-refractivity contribution in [2.75, 3.05) is 6.61 Å². The Bertz CT molecular complexity index is 415. The van der Waals surface area contributed by atoms with Crippen LogP contribution in [0.3, 0.4) is 0 Å². The van der Waals surface area contributed by atoms with Crippen LogP contribution in [-0.4, -0.2) is 6.61 Å². The second-order valence-corrected chi connectivity index (χ2v) is 5.27. The second kappa shape index (κ2) is 4.31. The van der Waals surface area contributed by atoms with Crippen molar-refractivity contribution in [1.29, 1.82) is 0 Å². The van der Waals surface area contributed by atoms with Gasteiger partial charge in [-0.25, -0.2) is 0 Å². The zero-order valence-electron chi connectivity index (χ0n) is 10.3. The maximum atomic E-state index is 5.77. The van der Waals surface area contributed by atoms with E-state index in [0.29, 0.717) is 5.92 Å². The first-order chi connectivity index (χ1) is 8.31. The molecular weight excluding hydrogens is 212 g/mol. The summed E-state index contributed by atoms with van der Waals surface area (Å²) in [5, 5.41) is 0. The van der Waals surface area contributed by atoms with Crippen LogP contribution in [0.15, 0.2) is 18.2 Å². The molecule has 0 aromatic heterocycles. The molecule has 1 aliphatic heterocycles. The van der Waals surface area contributed by atoms with Crippen LogP contribution in [0.5, 0.6) is 5.75 Å². The van der Waals surface area contributed by atoms with Gasteiger partial charge in [-0.05, 0) is 30.2 Å². The molecule has 0 saturated heterocycles. The number of hydrogen-bond acceptors (Lipinski definition) is 3. The zero-order chi connectivity index (χ0) is 11.8. The fourth-order valence-electron chi connectivity index (χ4n) is 2.90. The van der Waals surface area contributed by atoms with E-state index in [0.717, 1.165) is 24.7 Å². The highest BCUT2D eigenvalue weighted by Crippen LogP contribution is 2.45. The van der Waals surface area contributed by atoms with Crippen LogP contribution in [0.2, 0.25) is 0 Å². The average molecular weight is 232 g/mol. The first kappa shape index (κ1) is 11.1. The third-order valence-electron chi connectivity index (χ3n) is 4.15. The van der Waals surface area contributed by atoms with Crippen LogP contribution in [0.1, 0.15) is 36.9 Å². The summed E-state index contributed by atoms with van der Waals surface area (Å²) in [5.41, 5.74) is 5.55. The highest BCUT2D eigenvalue weighted by atomic mass is 16.5. The summed E-state index contributed by atoms with van der Waals surface area (Å²) in [7, 11) is 0. The van der Waals surface area contributed by atoms with Crippen molar-refractivity contribution in [2.24, 2.45) is 17.7 Å². The molecule has 1 heterocycles. The summed E-state index contributed by atoms with van der Waals surface area (Å²) in [4.78, 5) is 0. The van der Waals surface area contributed by atoms with E-state index in [2.05, 4.69) is 30.5 Å². The topological polar surface area (TPSA) is 47.3 Å². The van der Waals surface area contributed by atoms with Crippen molar-refractivity contribution in [2.45, 2.75) is 32.2 Å². The molecule has 1 aromatic rings. The van der Waals surface area contributed by atoms with Crippen LogP contribution < -0.4 is 16.0 Å². The molecule has 3 nitrogen and oxygen atoms in total. The Labute approximate surface area is 102 Å². The van der Waals surface area contributed by atoms with E-state index in [1.807, 2.05) is 0 Å². The van der Waals surface area contributed by atoms with E-state index in [1.54, 1.807) is 0 Å². The van der Waals surface area contributed by atoms with Gasteiger partial charge in [0.25, 0.3) is 0 Å². The normalized spacial score (nSPS) is 21.8. The average Bonchev–Trinajstić information content (AvgIpc) is 3.08. The summed E-state index contributed by atoms with van der Waals surface area (Å²) in [5.74, 6) is 8.24. The quantitative estimate of drug-likeness (QED) is 0.618. The summed E-state index contributed by atoms with van der Waals surface area (Å²) < 4.78 is 5.77. The van der Waals surface area contributed by atoms with Gasteiger partial charge in [-0.3, -0.25) is 11.3 Å². The van der Waals surface area contributed by atoms with Crippen molar-refractivity contribution in [1.82, 2.24) is 5.43 Å². The third kappa shape index (κ3) is 1.94. The lowest BCUT2D eigenvalue weighted by Crippen LogP contribution is -2.33. The Balaban J connectivity index is 1.93. The lowest BCUT2D eigenvalue weighted by molar-refractivity contribution is 0.320. The van der Waals surface area contributed by atoms with Crippen molar-refractivity contribution in [3.8, 4) is 5.75 Å². The van der Waals surface area contributed by atoms with Crippen LogP contribution in [0.4, 0.5) is 0 Å². The van der Waals surface area contributed by atoms with Crippen molar-refractivity contribution >= 4 is 0 Å². The molecule has 0 bridgehead atoms. The number of para-hydroxylation sites is 1. The lowest BCUT2D eigenvalue weighted by atomic mass is 9.89. The fourth-order valence-corrected chi connectivity index (χ4v) is 2.90. The number of rotatable bonds is 4. The van der Waals surface area contributed by atoms with E-state index in [9.17, 15) is 0 Å². The first-order valence-electron chi connectivity index (χ1n) is 6.52. The SMILES string of the molecule is CC(C1CC1)C(NN)c1cccc2c1OCC2. The maximum Gasteiger partial charge on any atom is 0.127 e. The van der Waals surface area contributed by atoms with Gasteiger partial charge in [0, 0.05) is 12.0 Å². The lowest BCUT2D eigenvalue weighted by Gasteiger charge is -2.25. The van der Waals surface area contributed by atoms with E-state index in [1.165, 1.54) is 24.0 Å². The Morgan fingerprint density at radius 1 is 1.41 bits per heavy atom. The minimum absolute atomic E-state index is 0.218. The molecule has 3 N–H and O–H groups in total. The number of nitrogens with one attached hydrogen (secondary N) is 1. The Hall–Kier alpha value is -1.06. The third-order valence-corrected chi connectivity index (χ3v) is 4.15. The number of hydrazine groups is 1. The van der Waals surface area contributed by atoms with Crippen LogP contribution in [0.25, 0.3) is 0 Å². The molecule has 2 atom stereocenters. The predicted octanol–water partition coefficient (Wildman–Crippen LogP) is 2.17. The molecule has 1 aromatic carbocycles. The van der Waals surface area contributed by atoms with Gasteiger partial charge < -0.3 is 4.74 Å². The molecule has 1 fully saturated rings.